The average Bonchev–Trinajstić information content (AvgIpc) is 2.85. The SMILES string of the molecule is CC1(C)[C@@H]2C[C@@H]3OB([C@@H](N)Cc4ccccc4)O[C@@]3(C)[C@@H]1C2. The van der Waals surface area contributed by atoms with Crippen LogP contribution >= 0.6 is 0 Å². The topological polar surface area (TPSA) is 44.5 Å². The van der Waals surface area contributed by atoms with Crippen molar-refractivity contribution in [2.24, 2.45) is 23.0 Å². The molecule has 3 aliphatic carbocycles. The molecular weight excluding hydrogens is 273 g/mol. The van der Waals surface area contributed by atoms with Crippen LogP contribution in [-0.4, -0.2) is 24.8 Å². The molecule has 0 unspecified atom stereocenters. The Hall–Kier alpha value is -0.835. The van der Waals surface area contributed by atoms with Crippen molar-refractivity contribution in [3.8, 4) is 0 Å². The molecule has 5 rings (SSSR count). The summed E-state index contributed by atoms with van der Waals surface area (Å²) >= 11 is 0. The zero-order valence-electron chi connectivity index (χ0n) is 13.8. The first-order valence-electron chi connectivity index (χ1n) is 8.54. The first-order valence-corrected chi connectivity index (χ1v) is 8.54. The Morgan fingerprint density at radius 3 is 2.64 bits per heavy atom. The molecule has 1 saturated heterocycles. The molecule has 4 fully saturated rings. The molecule has 1 aromatic rings. The van der Waals surface area contributed by atoms with Gasteiger partial charge in [0, 0.05) is 5.94 Å². The van der Waals surface area contributed by atoms with Gasteiger partial charge in [-0.2, -0.15) is 0 Å². The van der Waals surface area contributed by atoms with E-state index in [1.165, 1.54) is 12.0 Å². The van der Waals surface area contributed by atoms with Crippen LogP contribution in [0.4, 0.5) is 0 Å². The molecular formula is C18H26BNO2. The molecule has 0 radical (unpaired) electrons. The van der Waals surface area contributed by atoms with E-state index in [1.54, 1.807) is 0 Å². The Kier molecular flexibility index (Phi) is 3.23. The lowest BCUT2D eigenvalue weighted by atomic mass is 9.43. The van der Waals surface area contributed by atoms with Gasteiger partial charge in [0.1, 0.15) is 0 Å². The molecule has 0 amide bonds. The van der Waals surface area contributed by atoms with E-state index in [1.807, 2.05) is 6.07 Å². The number of nitrogens with two attached hydrogens (primary N) is 1. The lowest BCUT2D eigenvalue weighted by Gasteiger charge is -2.64. The van der Waals surface area contributed by atoms with E-state index >= 15 is 0 Å². The van der Waals surface area contributed by atoms with Crippen molar-refractivity contribution < 1.29 is 9.31 Å². The molecule has 3 saturated carbocycles. The highest BCUT2D eigenvalue weighted by atomic mass is 16.7. The third-order valence-electron chi connectivity index (χ3n) is 6.63. The Morgan fingerprint density at radius 2 is 1.95 bits per heavy atom. The molecule has 1 aliphatic heterocycles. The highest BCUT2D eigenvalue weighted by Crippen LogP contribution is 2.65. The summed E-state index contributed by atoms with van der Waals surface area (Å²) < 4.78 is 12.7. The maximum atomic E-state index is 6.43. The fourth-order valence-corrected chi connectivity index (χ4v) is 5.06. The van der Waals surface area contributed by atoms with Crippen molar-refractivity contribution in [3.05, 3.63) is 35.9 Å². The summed E-state index contributed by atoms with van der Waals surface area (Å²) in [4.78, 5) is 0. The summed E-state index contributed by atoms with van der Waals surface area (Å²) in [6.45, 7) is 7.01. The second-order valence-electron chi connectivity index (χ2n) is 8.19. The Labute approximate surface area is 133 Å². The van der Waals surface area contributed by atoms with Gasteiger partial charge < -0.3 is 15.0 Å². The van der Waals surface area contributed by atoms with Crippen LogP contribution in [0.5, 0.6) is 0 Å². The summed E-state index contributed by atoms with van der Waals surface area (Å²) in [5.41, 5.74) is 7.87. The van der Waals surface area contributed by atoms with Crippen LogP contribution in [0, 0.1) is 17.3 Å². The van der Waals surface area contributed by atoms with Gasteiger partial charge in [-0.05, 0) is 49.0 Å². The van der Waals surface area contributed by atoms with Crippen LogP contribution in [0.3, 0.4) is 0 Å². The fourth-order valence-electron chi connectivity index (χ4n) is 5.06. The average molecular weight is 299 g/mol. The summed E-state index contributed by atoms with van der Waals surface area (Å²) in [5, 5.41) is 0. The lowest BCUT2D eigenvalue weighted by Crippen LogP contribution is -2.65. The van der Waals surface area contributed by atoms with E-state index in [2.05, 4.69) is 45.0 Å². The third kappa shape index (κ3) is 2.00. The van der Waals surface area contributed by atoms with Crippen LogP contribution < -0.4 is 5.73 Å². The highest BCUT2D eigenvalue weighted by Gasteiger charge is 2.68. The summed E-state index contributed by atoms with van der Waals surface area (Å²) in [6, 6.07) is 10.4. The van der Waals surface area contributed by atoms with Crippen molar-refractivity contribution in [1.29, 1.82) is 0 Å². The second-order valence-corrected chi connectivity index (χ2v) is 8.19. The Balaban J connectivity index is 1.48. The maximum Gasteiger partial charge on any atom is 0.475 e. The van der Waals surface area contributed by atoms with Crippen molar-refractivity contribution in [3.63, 3.8) is 0 Å². The lowest BCUT2D eigenvalue weighted by molar-refractivity contribution is -0.199. The van der Waals surface area contributed by atoms with Crippen molar-refractivity contribution in [2.45, 2.75) is 57.7 Å². The molecule has 22 heavy (non-hydrogen) atoms. The second kappa shape index (κ2) is 4.83. The van der Waals surface area contributed by atoms with E-state index in [-0.39, 0.29) is 24.8 Å². The Bertz CT molecular complexity index is 563. The van der Waals surface area contributed by atoms with Gasteiger partial charge in [0.15, 0.2) is 0 Å². The van der Waals surface area contributed by atoms with Gasteiger partial charge in [0.2, 0.25) is 0 Å². The normalized spacial score (nSPS) is 40.0. The zero-order valence-corrected chi connectivity index (χ0v) is 13.8. The van der Waals surface area contributed by atoms with Crippen LogP contribution in [0.1, 0.15) is 39.2 Å². The molecule has 0 spiro atoms. The molecule has 4 heteroatoms. The van der Waals surface area contributed by atoms with E-state index < -0.39 is 0 Å². The standard InChI is InChI=1S/C18H26BNO2/c1-17(2)13-10-14(17)18(3)15(11-13)21-19(22-18)16(20)9-12-7-5-4-6-8-12/h4-8,13-16H,9-11,20H2,1-3H3/t13-,14+,15-,16-,18-/m0/s1. The first kappa shape index (κ1) is 14.7. The quantitative estimate of drug-likeness (QED) is 0.873. The van der Waals surface area contributed by atoms with Gasteiger partial charge in [0.05, 0.1) is 11.7 Å². The Morgan fingerprint density at radius 1 is 1.23 bits per heavy atom. The molecule has 5 atom stereocenters. The van der Waals surface area contributed by atoms with Gasteiger partial charge in [-0.1, -0.05) is 44.2 Å². The van der Waals surface area contributed by atoms with Crippen LogP contribution in [0.25, 0.3) is 0 Å². The molecule has 2 bridgehead atoms. The van der Waals surface area contributed by atoms with Crippen LogP contribution in [0.2, 0.25) is 0 Å². The number of rotatable bonds is 3. The monoisotopic (exact) mass is 299 g/mol. The van der Waals surface area contributed by atoms with Crippen molar-refractivity contribution in [2.75, 3.05) is 0 Å². The van der Waals surface area contributed by atoms with Crippen molar-refractivity contribution in [1.82, 2.24) is 0 Å². The van der Waals surface area contributed by atoms with Gasteiger partial charge in [-0.3, -0.25) is 0 Å². The maximum absolute atomic E-state index is 6.43. The first-order chi connectivity index (χ1) is 10.4. The van der Waals surface area contributed by atoms with E-state index in [4.69, 9.17) is 15.0 Å². The zero-order chi connectivity index (χ0) is 15.5. The third-order valence-corrected chi connectivity index (χ3v) is 6.63. The van der Waals surface area contributed by atoms with E-state index in [9.17, 15) is 0 Å². The minimum absolute atomic E-state index is 0.106. The van der Waals surface area contributed by atoms with Gasteiger partial charge in [-0.25, -0.2) is 0 Å². The summed E-state index contributed by atoms with van der Waals surface area (Å²) in [7, 11) is -0.273. The predicted octanol–water partition coefficient (Wildman–Crippen LogP) is 2.82. The van der Waals surface area contributed by atoms with Crippen molar-refractivity contribution >= 4 is 7.12 Å². The number of benzene rings is 1. The summed E-state index contributed by atoms with van der Waals surface area (Å²) in [6.07, 6.45) is 3.42. The summed E-state index contributed by atoms with van der Waals surface area (Å²) in [5.74, 6) is 1.27. The number of hydrogen-bond acceptors (Lipinski definition) is 3. The fraction of sp³-hybridized carbons (Fsp3) is 0.667. The van der Waals surface area contributed by atoms with Gasteiger partial charge in [0.25, 0.3) is 0 Å². The smallest absolute Gasteiger partial charge is 0.404 e. The molecule has 4 aliphatic rings. The molecule has 3 nitrogen and oxygen atoms in total. The van der Waals surface area contributed by atoms with E-state index in [0.29, 0.717) is 11.3 Å². The van der Waals surface area contributed by atoms with Crippen LogP contribution in [-0.2, 0) is 15.7 Å². The minimum Gasteiger partial charge on any atom is -0.404 e. The van der Waals surface area contributed by atoms with Gasteiger partial charge >= 0.3 is 7.12 Å². The largest absolute Gasteiger partial charge is 0.475 e. The predicted molar refractivity (Wildman–Crippen MR) is 88.2 cm³/mol. The van der Waals surface area contributed by atoms with E-state index in [0.717, 1.165) is 18.8 Å². The molecule has 118 valence electrons. The van der Waals surface area contributed by atoms with Gasteiger partial charge in [-0.15, -0.1) is 0 Å². The molecule has 1 heterocycles. The van der Waals surface area contributed by atoms with Crippen LogP contribution in [0.15, 0.2) is 30.3 Å². The molecule has 1 aromatic carbocycles. The highest BCUT2D eigenvalue weighted by molar-refractivity contribution is 6.47. The number of hydrogen-bond donors (Lipinski definition) is 1. The molecule has 2 N–H and O–H groups in total. The minimum atomic E-state index is -0.273. The molecule has 0 aromatic heterocycles.